The zero-order chi connectivity index (χ0) is 4.41. The number of ether oxygens (including phenoxy) is 1. The van der Waals surface area contributed by atoms with Crippen LogP contribution in [0.1, 0.15) is 1.43 Å². The molecule has 0 bridgehead atoms. The topological polar surface area (TPSA) is 21.3 Å². The largest absolute Gasteiger partial charge is 0.378 e. The second-order valence-electron chi connectivity index (χ2n) is 1.52. The van der Waals surface area contributed by atoms with Gasteiger partial charge >= 0.3 is 0 Å². The Bertz CT molecular complexity index is 44.2. The number of hydrogen-bond donors (Lipinski definition) is 1. The van der Waals surface area contributed by atoms with Crippen LogP contribution in [-0.2, 0) is 4.74 Å². The molecule has 2 nitrogen and oxygen atoms in total. The normalized spacial score (nSPS) is 23.5. The number of nitrogens with one attached hydrogen (secondary N) is 1. The van der Waals surface area contributed by atoms with Crippen molar-refractivity contribution in [2.45, 2.75) is 6.04 Å². The van der Waals surface area contributed by atoms with Gasteiger partial charge in [-0.3, -0.25) is 0 Å². The maximum atomic E-state index is 4.86. The molecule has 6 heavy (non-hydrogen) atoms. The van der Waals surface area contributed by atoms with Gasteiger partial charge in [-0.05, 0) is 7.05 Å². The van der Waals surface area contributed by atoms with Crippen molar-refractivity contribution in [3.05, 3.63) is 0 Å². The molecule has 0 spiro atoms. The minimum absolute atomic E-state index is 0. The SMILES string of the molecule is CNC1COC1.[HH]. The van der Waals surface area contributed by atoms with Gasteiger partial charge in [-0.2, -0.15) is 0 Å². The van der Waals surface area contributed by atoms with Crippen molar-refractivity contribution in [1.82, 2.24) is 5.32 Å². The van der Waals surface area contributed by atoms with E-state index < -0.39 is 0 Å². The first-order valence-corrected chi connectivity index (χ1v) is 2.18. The Morgan fingerprint density at radius 1 is 1.83 bits per heavy atom. The van der Waals surface area contributed by atoms with Crippen molar-refractivity contribution in [2.24, 2.45) is 0 Å². The van der Waals surface area contributed by atoms with Crippen molar-refractivity contribution in [3.8, 4) is 0 Å². The number of rotatable bonds is 1. The summed E-state index contributed by atoms with van der Waals surface area (Å²) in [6, 6.07) is 0.644. The summed E-state index contributed by atoms with van der Waals surface area (Å²) < 4.78 is 4.86. The smallest absolute Gasteiger partial charge is 0.0642 e. The van der Waals surface area contributed by atoms with E-state index in [1.54, 1.807) is 0 Å². The van der Waals surface area contributed by atoms with Crippen LogP contribution >= 0.6 is 0 Å². The maximum Gasteiger partial charge on any atom is 0.0642 e. The lowest BCUT2D eigenvalue weighted by molar-refractivity contribution is -0.00169. The molecule has 0 aromatic rings. The Morgan fingerprint density at radius 3 is 2.50 bits per heavy atom. The molecule has 1 rings (SSSR count). The highest BCUT2D eigenvalue weighted by Gasteiger charge is 2.13. The van der Waals surface area contributed by atoms with Crippen LogP contribution in [0.25, 0.3) is 0 Å². The van der Waals surface area contributed by atoms with Crippen LogP contribution in [0.15, 0.2) is 0 Å². The number of hydrogen-bond acceptors (Lipinski definition) is 2. The Balaban J connectivity index is 0.000000360. The van der Waals surface area contributed by atoms with Crippen LogP contribution in [-0.4, -0.2) is 26.3 Å². The van der Waals surface area contributed by atoms with Crippen molar-refractivity contribution in [1.29, 1.82) is 0 Å². The summed E-state index contributed by atoms with van der Waals surface area (Å²) in [7, 11) is 1.95. The van der Waals surface area contributed by atoms with E-state index in [-0.39, 0.29) is 1.43 Å². The van der Waals surface area contributed by atoms with Gasteiger partial charge in [0.05, 0.1) is 19.3 Å². The van der Waals surface area contributed by atoms with E-state index in [1.165, 1.54) is 0 Å². The van der Waals surface area contributed by atoms with Crippen molar-refractivity contribution < 1.29 is 6.16 Å². The molecule has 38 valence electrons. The fraction of sp³-hybridized carbons (Fsp3) is 1.00. The molecule has 0 aliphatic carbocycles. The minimum atomic E-state index is 0. The second-order valence-corrected chi connectivity index (χ2v) is 1.52. The average molecular weight is 89.1 g/mol. The van der Waals surface area contributed by atoms with Crippen LogP contribution in [0, 0.1) is 0 Å². The first-order valence-electron chi connectivity index (χ1n) is 2.18. The zero-order valence-electron chi connectivity index (χ0n) is 3.90. The molecule has 1 heterocycles. The molecule has 0 radical (unpaired) electrons. The van der Waals surface area contributed by atoms with Gasteiger partial charge in [0, 0.05) is 1.43 Å². The average Bonchev–Trinajstić information content (AvgIpc) is 1.31. The van der Waals surface area contributed by atoms with Gasteiger partial charge in [0.15, 0.2) is 0 Å². The van der Waals surface area contributed by atoms with Crippen LogP contribution in [0.4, 0.5) is 0 Å². The van der Waals surface area contributed by atoms with E-state index in [2.05, 4.69) is 5.32 Å². The summed E-state index contributed by atoms with van der Waals surface area (Å²) >= 11 is 0. The lowest BCUT2D eigenvalue weighted by Crippen LogP contribution is -2.43. The van der Waals surface area contributed by atoms with Crippen molar-refractivity contribution in [2.75, 3.05) is 20.3 Å². The molecule has 1 saturated heterocycles. The van der Waals surface area contributed by atoms with E-state index in [9.17, 15) is 0 Å². The second kappa shape index (κ2) is 1.58. The van der Waals surface area contributed by atoms with Gasteiger partial charge in [0.25, 0.3) is 0 Å². The van der Waals surface area contributed by atoms with Crippen LogP contribution in [0.2, 0.25) is 0 Å². The molecule has 0 aromatic carbocycles. The van der Waals surface area contributed by atoms with Crippen LogP contribution in [0.5, 0.6) is 0 Å². The monoisotopic (exact) mass is 89.1 g/mol. The Labute approximate surface area is 39.0 Å². The van der Waals surface area contributed by atoms with Crippen LogP contribution in [0.3, 0.4) is 0 Å². The van der Waals surface area contributed by atoms with Crippen LogP contribution < -0.4 is 5.32 Å². The molecule has 0 amide bonds. The molecular formula is C4H11NO. The van der Waals surface area contributed by atoms with E-state index >= 15 is 0 Å². The quantitative estimate of drug-likeness (QED) is 0.482. The van der Waals surface area contributed by atoms with Gasteiger partial charge < -0.3 is 10.1 Å². The van der Waals surface area contributed by atoms with E-state index in [0.717, 1.165) is 13.2 Å². The molecule has 0 aromatic heterocycles. The predicted molar refractivity (Wildman–Crippen MR) is 25.8 cm³/mol. The summed E-state index contributed by atoms with van der Waals surface area (Å²) in [6.45, 7) is 1.80. The molecule has 1 N–H and O–H groups in total. The highest BCUT2D eigenvalue weighted by Crippen LogP contribution is 1.96. The summed E-state index contributed by atoms with van der Waals surface area (Å²) in [5.74, 6) is 0. The Kier molecular flexibility index (Phi) is 1.08. The molecule has 0 unspecified atom stereocenters. The number of likely N-dealkylation sites (N-methyl/N-ethyl adjacent to an activating group) is 1. The van der Waals surface area contributed by atoms with E-state index in [1.807, 2.05) is 7.05 Å². The fourth-order valence-electron chi connectivity index (χ4n) is 0.402. The van der Waals surface area contributed by atoms with Crippen molar-refractivity contribution >= 4 is 0 Å². The summed E-state index contributed by atoms with van der Waals surface area (Å²) in [6.07, 6.45) is 0. The molecule has 1 fully saturated rings. The molecule has 1 aliphatic rings. The predicted octanol–water partition coefficient (Wildman–Crippen LogP) is -0.149. The first kappa shape index (κ1) is 4.09. The van der Waals surface area contributed by atoms with Crippen molar-refractivity contribution in [3.63, 3.8) is 0 Å². The third-order valence-corrected chi connectivity index (χ3v) is 1.05. The third kappa shape index (κ3) is 0.533. The molecule has 2 heteroatoms. The van der Waals surface area contributed by atoms with Gasteiger partial charge in [-0.1, -0.05) is 0 Å². The fourth-order valence-corrected chi connectivity index (χ4v) is 0.402. The van der Waals surface area contributed by atoms with Gasteiger partial charge in [-0.25, -0.2) is 0 Å². The molecular weight excluding hydrogens is 78.0 g/mol. The van der Waals surface area contributed by atoms with Gasteiger partial charge in [0.2, 0.25) is 0 Å². The molecule has 1 aliphatic heterocycles. The third-order valence-electron chi connectivity index (χ3n) is 1.05. The summed E-state index contributed by atoms with van der Waals surface area (Å²) in [5.41, 5.74) is 0. The highest BCUT2D eigenvalue weighted by atomic mass is 16.5. The Morgan fingerprint density at radius 2 is 2.50 bits per heavy atom. The van der Waals surface area contributed by atoms with E-state index in [4.69, 9.17) is 4.74 Å². The van der Waals surface area contributed by atoms with Gasteiger partial charge in [-0.15, -0.1) is 0 Å². The lowest BCUT2D eigenvalue weighted by Gasteiger charge is -2.24. The molecule has 0 saturated carbocycles. The lowest BCUT2D eigenvalue weighted by atomic mass is 10.3. The first-order chi connectivity index (χ1) is 2.93. The van der Waals surface area contributed by atoms with E-state index in [0.29, 0.717) is 6.04 Å². The molecule has 0 atom stereocenters. The standard InChI is InChI=1S/C4H9NO.H2/c1-5-4-2-6-3-4;/h4-5H,2-3H2,1H3;1H. The minimum Gasteiger partial charge on any atom is -0.378 e. The summed E-state index contributed by atoms with van der Waals surface area (Å²) in [5, 5.41) is 3.08. The van der Waals surface area contributed by atoms with Gasteiger partial charge in [0.1, 0.15) is 0 Å². The summed E-state index contributed by atoms with van der Waals surface area (Å²) in [4.78, 5) is 0. The Hall–Kier alpha value is -0.0800. The highest BCUT2D eigenvalue weighted by molar-refractivity contribution is 4.69. The maximum absolute atomic E-state index is 4.86. The zero-order valence-corrected chi connectivity index (χ0v) is 3.90.